The lowest BCUT2D eigenvalue weighted by atomic mass is 10.0. The zero-order valence-electron chi connectivity index (χ0n) is 17.4. The van der Waals surface area contributed by atoms with Crippen molar-refractivity contribution in [3.63, 3.8) is 0 Å². The van der Waals surface area contributed by atoms with E-state index in [0.29, 0.717) is 38.8 Å². The average Bonchev–Trinajstić information content (AvgIpc) is 3.25. The molecule has 0 saturated carbocycles. The summed E-state index contributed by atoms with van der Waals surface area (Å²) in [6.07, 6.45) is 1.24. The van der Waals surface area contributed by atoms with Crippen LogP contribution >= 0.6 is 11.3 Å². The van der Waals surface area contributed by atoms with Gasteiger partial charge >= 0.3 is 0 Å². The summed E-state index contributed by atoms with van der Waals surface area (Å²) in [6, 6.07) is 4.33. The number of ether oxygens (including phenoxy) is 1. The first-order valence-electron chi connectivity index (χ1n) is 10.3. The Hall–Kier alpha value is -2.19. The molecule has 1 saturated heterocycles. The molecule has 0 bridgehead atoms. The fraction of sp³-hybridized carbons (Fsp3) is 0.571. The molecule has 0 aromatic carbocycles. The molecule has 0 spiro atoms. The summed E-state index contributed by atoms with van der Waals surface area (Å²) in [5.74, 6) is 1.90. The number of anilines is 2. The normalized spacial score (nSPS) is 16.8. The molecule has 0 N–H and O–H groups in total. The van der Waals surface area contributed by atoms with Gasteiger partial charge in [0, 0.05) is 49.6 Å². The van der Waals surface area contributed by atoms with Gasteiger partial charge in [0.1, 0.15) is 5.82 Å². The summed E-state index contributed by atoms with van der Waals surface area (Å²) in [5, 5.41) is 2.02. The first-order chi connectivity index (χ1) is 14.0. The smallest absolute Gasteiger partial charge is 0.228 e. The summed E-state index contributed by atoms with van der Waals surface area (Å²) in [7, 11) is 2.07. The molecule has 0 aliphatic carbocycles. The van der Waals surface area contributed by atoms with E-state index < -0.39 is 0 Å². The minimum atomic E-state index is 0.175. The molecule has 156 valence electrons. The Kier molecular flexibility index (Phi) is 6.01. The summed E-state index contributed by atoms with van der Waals surface area (Å²) in [6.45, 7) is 8.65. The molecule has 4 rings (SSSR count). The maximum atomic E-state index is 12.9. The second-order valence-electron chi connectivity index (χ2n) is 7.90. The van der Waals surface area contributed by atoms with E-state index in [-0.39, 0.29) is 5.91 Å². The van der Waals surface area contributed by atoms with Crippen molar-refractivity contribution in [2.75, 3.05) is 49.7 Å². The lowest BCUT2D eigenvalue weighted by molar-refractivity contribution is -0.131. The van der Waals surface area contributed by atoms with Gasteiger partial charge in [0.25, 0.3) is 0 Å². The number of nitrogens with zero attached hydrogens (tertiary/aromatic N) is 5. The predicted molar refractivity (Wildman–Crippen MR) is 116 cm³/mol. The second kappa shape index (κ2) is 8.67. The van der Waals surface area contributed by atoms with Crippen LogP contribution in [0, 0.1) is 0 Å². The monoisotopic (exact) mass is 415 g/mol. The molecule has 1 amide bonds. The van der Waals surface area contributed by atoms with Gasteiger partial charge in [-0.2, -0.15) is 4.98 Å². The summed E-state index contributed by atoms with van der Waals surface area (Å²) in [4.78, 5) is 30.2. The number of fused-ring (bicyclic) bond motifs is 1. The molecule has 2 aliphatic heterocycles. The van der Waals surface area contributed by atoms with Crippen molar-refractivity contribution in [3.8, 4) is 0 Å². The molecule has 29 heavy (non-hydrogen) atoms. The van der Waals surface area contributed by atoms with Crippen molar-refractivity contribution < 1.29 is 9.53 Å². The van der Waals surface area contributed by atoms with Gasteiger partial charge in [-0.05, 0) is 25.3 Å². The number of thiophene rings is 1. The van der Waals surface area contributed by atoms with Crippen LogP contribution in [0.15, 0.2) is 17.5 Å². The van der Waals surface area contributed by atoms with Crippen LogP contribution in [0.2, 0.25) is 0 Å². The number of carbonyl (C=O) groups is 1. The summed E-state index contributed by atoms with van der Waals surface area (Å²) in [5.41, 5.74) is 2.16. The Morgan fingerprint density at radius 2 is 2.07 bits per heavy atom. The molecule has 1 fully saturated rings. The van der Waals surface area contributed by atoms with Crippen molar-refractivity contribution in [2.45, 2.75) is 39.3 Å². The van der Waals surface area contributed by atoms with Crippen LogP contribution in [0.5, 0.6) is 0 Å². The molecule has 7 nitrogen and oxygen atoms in total. The number of aromatic nitrogens is 2. The van der Waals surface area contributed by atoms with Gasteiger partial charge in [-0.15, -0.1) is 11.3 Å². The molecule has 2 aromatic rings. The molecule has 4 heterocycles. The van der Waals surface area contributed by atoms with Crippen molar-refractivity contribution in [1.82, 2.24) is 14.9 Å². The third-order valence-electron chi connectivity index (χ3n) is 5.69. The van der Waals surface area contributed by atoms with Crippen molar-refractivity contribution in [3.05, 3.63) is 33.6 Å². The van der Waals surface area contributed by atoms with E-state index in [4.69, 9.17) is 14.7 Å². The highest BCUT2D eigenvalue weighted by Crippen LogP contribution is 2.30. The minimum absolute atomic E-state index is 0.175. The number of hydrogen-bond donors (Lipinski definition) is 0. The van der Waals surface area contributed by atoms with E-state index in [2.05, 4.69) is 30.7 Å². The van der Waals surface area contributed by atoms with Crippen LogP contribution < -0.4 is 9.80 Å². The third-order valence-corrected chi connectivity index (χ3v) is 6.56. The number of hydrogen-bond acceptors (Lipinski definition) is 7. The van der Waals surface area contributed by atoms with Crippen molar-refractivity contribution in [1.29, 1.82) is 0 Å². The van der Waals surface area contributed by atoms with Gasteiger partial charge in [-0.1, -0.05) is 6.07 Å². The van der Waals surface area contributed by atoms with Crippen LogP contribution in [-0.2, 0) is 28.9 Å². The molecule has 2 aromatic heterocycles. The Morgan fingerprint density at radius 1 is 1.28 bits per heavy atom. The zero-order valence-corrected chi connectivity index (χ0v) is 18.2. The largest absolute Gasteiger partial charge is 0.378 e. The highest BCUT2D eigenvalue weighted by atomic mass is 32.1. The van der Waals surface area contributed by atoms with E-state index in [0.717, 1.165) is 47.4 Å². The Balaban J connectivity index is 1.62. The van der Waals surface area contributed by atoms with Crippen molar-refractivity contribution >= 4 is 29.0 Å². The van der Waals surface area contributed by atoms with E-state index in [1.54, 1.807) is 11.3 Å². The second-order valence-corrected chi connectivity index (χ2v) is 8.93. The van der Waals surface area contributed by atoms with Gasteiger partial charge in [0.15, 0.2) is 0 Å². The fourth-order valence-electron chi connectivity index (χ4n) is 3.71. The average molecular weight is 416 g/mol. The standard InChI is InChI=1S/C21H29N5O2S/c1-15(2)24(3)20-17-14-26(19(27)13-16-5-4-12-29-16)7-6-18(17)22-21(23-20)25-8-10-28-11-9-25/h4-5,12,15H,6-11,13-14H2,1-3H3. The van der Waals surface area contributed by atoms with Crippen LogP contribution in [0.25, 0.3) is 0 Å². The number of rotatable bonds is 5. The Morgan fingerprint density at radius 3 is 2.76 bits per heavy atom. The molecule has 0 atom stereocenters. The van der Waals surface area contributed by atoms with Crippen LogP contribution in [-0.4, -0.2) is 66.7 Å². The number of carbonyl (C=O) groups excluding carboxylic acids is 1. The molecule has 2 aliphatic rings. The molecule has 0 unspecified atom stereocenters. The molecule has 8 heteroatoms. The van der Waals surface area contributed by atoms with Gasteiger partial charge in [-0.3, -0.25) is 4.79 Å². The van der Waals surface area contributed by atoms with Gasteiger partial charge in [0.05, 0.1) is 31.9 Å². The lowest BCUT2D eigenvalue weighted by Gasteiger charge is -2.35. The van der Waals surface area contributed by atoms with Crippen LogP contribution in [0.4, 0.5) is 11.8 Å². The van der Waals surface area contributed by atoms with Gasteiger partial charge in [-0.25, -0.2) is 4.98 Å². The van der Waals surface area contributed by atoms with E-state index in [9.17, 15) is 4.79 Å². The van der Waals surface area contributed by atoms with Gasteiger partial charge in [0.2, 0.25) is 11.9 Å². The lowest BCUT2D eigenvalue weighted by Crippen LogP contribution is -2.41. The van der Waals surface area contributed by atoms with E-state index in [1.807, 2.05) is 22.4 Å². The molecular formula is C21H29N5O2S. The molecule has 0 radical (unpaired) electrons. The van der Waals surface area contributed by atoms with Crippen LogP contribution in [0.1, 0.15) is 30.0 Å². The van der Waals surface area contributed by atoms with Gasteiger partial charge < -0.3 is 19.4 Å². The maximum absolute atomic E-state index is 12.9. The van der Waals surface area contributed by atoms with E-state index >= 15 is 0 Å². The maximum Gasteiger partial charge on any atom is 0.228 e. The SMILES string of the molecule is CC(C)N(C)c1nc(N2CCOCC2)nc2c1CN(C(=O)Cc1cccs1)CC2. The van der Waals surface area contributed by atoms with Crippen LogP contribution in [0.3, 0.4) is 0 Å². The zero-order chi connectivity index (χ0) is 20.4. The quantitative estimate of drug-likeness (QED) is 0.747. The Bertz CT molecular complexity index is 849. The first-order valence-corrected chi connectivity index (χ1v) is 11.2. The number of amides is 1. The minimum Gasteiger partial charge on any atom is -0.378 e. The third kappa shape index (κ3) is 4.38. The Labute approximate surface area is 176 Å². The highest BCUT2D eigenvalue weighted by molar-refractivity contribution is 7.10. The summed E-state index contributed by atoms with van der Waals surface area (Å²) >= 11 is 1.63. The van der Waals surface area contributed by atoms with E-state index in [1.165, 1.54) is 0 Å². The number of morpholine rings is 1. The topological polar surface area (TPSA) is 61.8 Å². The predicted octanol–water partition coefficient (Wildman–Crippen LogP) is 2.35. The fourth-order valence-corrected chi connectivity index (χ4v) is 4.41. The highest BCUT2D eigenvalue weighted by Gasteiger charge is 2.29. The first kappa shape index (κ1) is 20.1. The summed E-state index contributed by atoms with van der Waals surface area (Å²) < 4.78 is 5.48. The molecular weight excluding hydrogens is 386 g/mol. The van der Waals surface area contributed by atoms with Crippen molar-refractivity contribution in [2.24, 2.45) is 0 Å².